The van der Waals surface area contributed by atoms with Crippen molar-refractivity contribution in [1.82, 2.24) is 5.32 Å². The highest BCUT2D eigenvalue weighted by atomic mass is 33.1. The number of carbonyl (C=O) groups is 1. The average Bonchev–Trinajstić information content (AvgIpc) is 3.04. The van der Waals surface area contributed by atoms with E-state index in [2.05, 4.69) is 11.4 Å². The van der Waals surface area contributed by atoms with Crippen molar-refractivity contribution in [3.8, 4) is 0 Å². The van der Waals surface area contributed by atoms with E-state index in [1.165, 1.54) is 29.9 Å². The van der Waals surface area contributed by atoms with Gasteiger partial charge in [0, 0.05) is 22.3 Å². The SMILES string of the molecule is O=C(CCCCC1CCSS1)NCc1cccs1. The number of unbranched alkanes of at least 4 members (excludes halogenated alkanes) is 1. The molecule has 18 heavy (non-hydrogen) atoms. The van der Waals surface area contributed by atoms with Crippen LogP contribution in [0.3, 0.4) is 0 Å². The Morgan fingerprint density at radius 2 is 2.39 bits per heavy atom. The highest BCUT2D eigenvalue weighted by Gasteiger charge is 2.15. The van der Waals surface area contributed by atoms with E-state index in [9.17, 15) is 4.79 Å². The number of hydrogen-bond acceptors (Lipinski definition) is 4. The Labute approximate surface area is 121 Å². The highest BCUT2D eigenvalue weighted by Crippen LogP contribution is 2.39. The predicted molar refractivity (Wildman–Crippen MR) is 83.1 cm³/mol. The molecule has 0 bridgehead atoms. The standard InChI is InChI=1S/C13H19NOS3/c15-13(14-10-12-5-3-8-16-12)6-2-1-4-11-7-9-17-18-11/h3,5,8,11H,1-2,4,6-7,9-10H2,(H,14,15). The molecule has 1 aromatic rings. The van der Waals surface area contributed by atoms with Crippen molar-refractivity contribution in [1.29, 1.82) is 0 Å². The molecule has 2 nitrogen and oxygen atoms in total. The third-order valence-corrected chi connectivity index (χ3v) is 6.83. The molecule has 0 radical (unpaired) electrons. The second-order valence-electron chi connectivity index (χ2n) is 4.43. The molecule has 5 heteroatoms. The van der Waals surface area contributed by atoms with E-state index in [0.29, 0.717) is 13.0 Å². The van der Waals surface area contributed by atoms with Crippen LogP contribution in [0.25, 0.3) is 0 Å². The van der Waals surface area contributed by atoms with Crippen molar-refractivity contribution in [2.45, 2.75) is 43.9 Å². The summed E-state index contributed by atoms with van der Waals surface area (Å²) >= 11 is 1.69. The van der Waals surface area contributed by atoms with Crippen LogP contribution in [-0.2, 0) is 11.3 Å². The molecule has 1 unspecified atom stereocenters. The van der Waals surface area contributed by atoms with Crippen molar-refractivity contribution in [2.75, 3.05) is 5.75 Å². The van der Waals surface area contributed by atoms with Crippen molar-refractivity contribution in [3.05, 3.63) is 22.4 Å². The minimum Gasteiger partial charge on any atom is -0.351 e. The molecule has 0 aliphatic carbocycles. The maximum Gasteiger partial charge on any atom is 0.220 e. The van der Waals surface area contributed by atoms with Gasteiger partial charge in [-0.05, 0) is 30.7 Å². The van der Waals surface area contributed by atoms with Gasteiger partial charge < -0.3 is 5.32 Å². The third-order valence-electron chi connectivity index (χ3n) is 2.95. The summed E-state index contributed by atoms with van der Waals surface area (Å²) in [6.45, 7) is 0.686. The highest BCUT2D eigenvalue weighted by molar-refractivity contribution is 8.77. The Hall–Kier alpha value is -0.130. The second-order valence-corrected chi connectivity index (χ2v) is 8.25. The smallest absolute Gasteiger partial charge is 0.220 e. The zero-order valence-corrected chi connectivity index (χ0v) is 12.8. The first kappa shape index (κ1) is 14.3. The van der Waals surface area contributed by atoms with Gasteiger partial charge in [0.15, 0.2) is 0 Å². The van der Waals surface area contributed by atoms with Crippen LogP contribution in [0.15, 0.2) is 17.5 Å². The van der Waals surface area contributed by atoms with Crippen LogP contribution in [0.1, 0.15) is 37.0 Å². The van der Waals surface area contributed by atoms with Crippen LogP contribution in [0, 0.1) is 0 Å². The van der Waals surface area contributed by atoms with Gasteiger partial charge in [-0.25, -0.2) is 0 Å². The topological polar surface area (TPSA) is 29.1 Å². The van der Waals surface area contributed by atoms with Crippen LogP contribution in [0.4, 0.5) is 0 Å². The van der Waals surface area contributed by atoms with Gasteiger partial charge in [0.1, 0.15) is 0 Å². The molecule has 1 aliphatic rings. The lowest BCUT2D eigenvalue weighted by molar-refractivity contribution is -0.121. The van der Waals surface area contributed by atoms with Crippen molar-refractivity contribution in [2.24, 2.45) is 0 Å². The molecule has 1 fully saturated rings. The fourth-order valence-electron chi connectivity index (χ4n) is 1.91. The molecule has 2 rings (SSSR count). The summed E-state index contributed by atoms with van der Waals surface area (Å²) < 4.78 is 0. The van der Waals surface area contributed by atoms with Crippen LogP contribution in [0.5, 0.6) is 0 Å². The lowest BCUT2D eigenvalue weighted by atomic mass is 10.1. The molecule has 1 aliphatic heterocycles. The Morgan fingerprint density at radius 1 is 1.44 bits per heavy atom. The van der Waals surface area contributed by atoms with E-state index in [0.717, 1.165) is 11.7 Å². The fraction of sp³-hybridized carbons (Fsp3) is 0.615. The van der Waals surface area contributed by atoms with Gasteiger partial charge in [0.25, 0.3) is 0 Å². The van der Waals surface area contributed by atoms with E-state index in [4.69, 9.17) is 0 Å². The first-order valence-corrected chi connectivity index (χ1v) is 9.68. The van der Waals surface area contributed by atoms with Gasteiger partial charge in [-0.15, -0.1) is 11.3 Å². The summed E-state index contributed by atoms with van der Waals surface area (Å²) in [4.78, 5) is 12.8. The van der Waals surface area contributed by atoms with E-state index in [-0.39, 0.29) is 5.91 Å². The minimum absolute atomic E-state index is 0.192. The summed E-state index contributed by atoms with van der Waals surface area (Å²) in [5, 5.41) is 5.85. The minimum atomic E-state index is 0.192. The number of hydrogen-bond donors (Lipinski definition) is 1. The van der Waals surface area contributed by atoms with Crippen LogP contribution < -0.4 is 5.32 Å². The third kappa shape index (κ3) is 5.24. The molecule has 100 valence electrons. The second kappa shape index (κ2) is 8.12. The Bertz CT molecular complexity index is 347. The maximum absolute atomic E-state index is 11.6. The number of thiophene rings is 1. The van der Waals surface area contributed by atoms with Crippen molar-refractivity contribution >= 4 is 38.8 Å². The lowest BCUT2D eigenvalue weighted by Crippen LogP contribution is -2.21. The Morgan fingerprint density at radius 3 is 3.11 bits per heavy atom. The van der Waals surface area contributed by atoms with E-state index < -0.39 is 0 Å². The molecule has 1 N–H and O–H groups in total. The zero-order valence-electron chi connectivity index (χ0n) is 10.4. The summed E-state index contributed by atoms with van der Waals surface area (Å²) in [5.41, 5.74) is 0. The van der Waals surface area contributed by atoms with Gasteiger partial charge >= 0.3 is 0 Å². The number of amides is 1. The molecule has 1 atom stereocenters. The Balaban J connectivity index is 1.49. The van der Waals surface area contributed by atoms with Gasteiger partial charge in [0.05, 0.1) is 6.54 Å². The molecule has 0 saturated carbocycles. The van der Waals surface area contributed by atoms with Gasteiger partial charge in [-0.3, -0.25) is 4.79 Å². The largest absolute Gasteiger partial charge is 0.351 e. The monoisotopic (exact) mass is 301 g/mol. The Kier molecular flexibility index (Phi) is 6.45. The summed E-state index contributed by atoms with van der Waals surface area (Å²) in [6, 6.07) is 4.07. The van der Waals surface area contributed by atoms with E-state index >= 15 is 0 Å². The van der Waals surface area contributed by atoms with Gasteiger partial charge in [-0.2, -0.15) is 0 Å². The lowest BCUT2D eigenvalue weighted by Gasteiger charge is -2.07. The summed E-state index contributed by atoms with van der Waals surface area (Å²) in [7, 11) is 4.02. The molecule has 0 aromatic carbocycles. The van der Waals surface area contributed by atoms with Crippen LogP contribution >= 0.6 is 32.9 Å². The van der Waals surface area contributed by atoms with Gasteiger partial charge in [-0.1, -0.05) is 34.1 Å². The molecule has 1 amide bonds. The molecule has 0 spiro atoms. The van der Waals surface area contributed by atoms with Gasteiger partial charge in [0.2, 0.25) is 5.91 Å². The summed E-state index contributed by atoms with van der Waals surface area (Å²) in [5.74, 6) is 1.49. The van der Waals surface area contributed by atoms with Crippen LogP contribution in [-0.4, -0.2) is 16.9 Å². The maximum atomic E-state index is 11.6. The zero-order chi connectivity index (χ0) is 12.6. The van der Waals surface area contributed by atoms with Crippen LogP contribution in [0.2, 0.25) is 0 Å². The number of carbonyl (C=O) groups excluding carboxylic acids is 1. The number of rotatable bonds is 7. The van der Waals surface area contributed by atoms with Crippen molar-refractivity contribution in [3.63, 3.8) is 0 Å². The molecular formula is C13H19NOS3. The summed E-state index contributed by atoms with van der Waals surface area (Å²) in [6.07, 6.45) is 5.51. The molecule has 1 aromatic heterocycles. The first-order valence-electron chi connectivity index (χ1n) is 6.42. The van der Waals surface area contributed by atoms with E-state index in [1.54, 1.807) is 11.3 Å². The molecule has 2 heterocycles. The first-order chi connectivity index (χ1) is 8.84. The van der Waals surface area contributed by atoms with E-state index in [1.807, 2.05) is 33.0 Å². The molecular weight excluding hydrogens is 282 g/mol. The quantitative estimate of drug-likeness (QED) is 0.608. The normalized spacial score (nSPS) is 19.0. The molecule has 1 saturated heterocycles. The average molecular weight is 302 g/mol. The fourth-order valence-corrected chi connectivity index (χ4v) is 5.58. The van der Waals surface area contributed by atoms with Crippen molar-refractivity contribution < 1.29 is 4.79 Å². The number of nitrogens with one attached hydrogen (secondary N) is 1. The predicted octanol–water partition coefficient (Wildman–Crippen LogP) is 4.08.